The number of nitrogens with one attached hydrogen (secondary N) is 1. The predicted octanol–water partition coefficient (Wildman–Crippen LogP) is 2.49. The van der Waals surface area contributed by atoms with Crippen LogP contribution < -0.4 is 9.80 Å². The highest BCUT2D eigenvalue weighted by atomic mass is 32.2. The number of aromatic nitrogens is 4. The Balaban J connectivity index is 1.36. The molecule has 9 nitrogen and oxygen atoms in total. The molecule has 3 aromatic rings. The normalized spacial score (nSPS) is 22.5. The Bertz CT molecular complexity index is 1190. The van der Waals surface area contributed by atoms with Crippen LogP contribution in [0.1, 0.15) is 26.2 Å². The molecule has 0 saturated carbocycles. The van der Waals surface area contributed by atoms with Gasteiger partial charge in [-0.1, -0.05) is 6.92 Å². The highest BCUT2D eigenvalue weighted by Crippen LogP contribution is 2.30. The summed E-state index contributed by atoms with van der Waals surface area (Å²) in [5.41, 5.74) is 0.832. The fourth-order valence-corrected chi connectivity index (χ4v) is 6.31. The van der Waals surface area contributed by atoms with Crippen molar-refractivity contribution >= 4 is 32.7 Å². The molecule has 3 aromatic heterocycles. The third-order valence-corrected chi connectivity index (χ3v) is 8.71. The van der Waals surface area contributed by atoms with Gasteiger partial charge in [0.25, 0.3) is 0 Å². The molecule has 0 bridgehead atoms. The van der Waals surface area contributed by atoms with Crippen LogP contribution in [0.3, 0.4) is 0 Å². The van der Waals surface area contributed by atoms with Crippen molar-refractivity contribution in [1.82, 2.24) is 24.2 Å². The number of likely N-dealkylation sites (N-methyl/N-ethyl adjacent to an activating group) is 1. The van der Waals surface area contributed by atoms with Crippen molar-refractivity contribution in [2.75, 3.05) is 43.0 Å². The second-order valence-corrected chi connectivity index (χ2v) is 10.7. The van der Waals surface area contributed by atoms with Crippen LogP contribution in [-0.4, -0.2) is 71.9 Å². The Hall–Kier alpha value is -2.72. The molecule has 2 aliphatic heterocycles. The Morgan fingerprint density at radius 2 is 1.91 bits per heavy atom. The third-order valence-electron chi connectivity index (χ3n) is 6.83. The largest absolute Gasteiger partial charge is 0.355 e. The summed E-state index contributed by atoms with van der Waals surface area (Å²) in [4.78, 5) is 21.3. The SMILES string of the molecule is CC1CCN(c2ccc(S(=O)(=O)N3CCCC3)cn2)CC1N(C)c1ncnc2[nH]ccc12. The quantitative estimate of drug-likeness (QED) is 0.631. The zero-order chi connectivity index (χ0) is 22.3. The van der Waals surface area contributed by atoms with Crippen molar-refractivity contribution in [3.05, 3.63) is 36.9 Å². The maximum Gasteiger partial charge on any atom is 0.244 e. The van der Waals surface area contributed by atoms with Gasteiger partial charge in [-0.3, -0.25) is 0 Å². The molecule has 2 fully saturated rings. The molecule has 32 heavy (non-hydrogen) atoms. The Morgan fingerprint density at radius 1 is 1.09 bits per heavy atom. The first-order valence-corrected chi connectivity index (χ1v) is 12.6. The van der Waals surface area contributed by atoms with Crippen molar-refractivity contribution in [2.45, 2.75) is 37.1 Å². The second kappa shape index (κ2) is 8.32. The van der Waals surface area contributed by atoms with Gasteiger partial charge in [0.15, 0.2) is 0 Å². The van der Waals surface area contributed by atoms with Gasteiger partial charge in [-0.25, -0.2) is 23.4 Å². The summed E-state index contributed by atoms with van der Waals surface area (Å²) >= 11 is 0. The Labute approximate surface area is 188 Å². The molecule has 1 N–H and O–H groups in total. The molecule has 10 heteroatoms. The van der Waals surface area contributed by atoms with Gasteiger partial charge in [-0.05, 0) is 43.4 Å². The van der Waals surface area contributed by atoms with E-state index in [-0.39, 0.29) is 10.9 Å². The summed E-state index contributed by atoms with van der Waals surface area (Å²) in [6.07, 6.45) is 7.85. The first-order valence-electron chi connectivity index (χ1n) is 11.2. The van der Waals surface area contributed by atoms with Crippen LogP contribution >= 0.6 is 0 Å². The highest BCUT2D eigenvalue weighted by molar-refractivity contribution is 7.89. The molecule has 2 aliphatic rings. The van der Waals surface area contributed by atoms with Crippen LogP contribution in [0.2, 0.25) is 0 Å². The van der Waals surface area contributed by atoms with Crippen molar-refractivity contribution < 1.29 is 8.42 Å². The average molecular weight is 456 g/mol. The van der Waals surface area contributed by atoms with Gasteiger partial charge in [0.1, 0.15) is 28.5 Å². The van der Waals surface area contributed by atoms with E-state index in [1.54, 1.807) is 16.7 Å². The standard InChI is InChI=1S/C22H29N7O2S/c1-16-8-12-28(14-19(16)27(2)22-18-7-9-23-21(18)25-15-26-22)20-6-5-17(13-24-20)32(30,31)29-10-3-4-11-29/h5-7,9,13,15-16,19H,3-4,8,10-12,14H2,1-2H3,(H,23,25,26). The first-order chi connectivity index (χ1) is 15.4. The van der Waals surface area contributed by atoms with Crippen molar-refractivity contribution in [2.24, 2.45) is 5.92 Å². The average Bonchev–Trinajstić information content (AvgIpc) is 3.51. The van der Waals surface area contributed by atoms with Crippen molar-refractivity contribution in [3.8, 4) is 0 Å². The molecule has 0 aliphatic carbocycles. The number of aromatic amines is 1. The summed E-state index contributed by atoms with van der Waals surface area (Å²) in [5, 5.41) is 1.01. The van der Waals surface area contributed by atoms with E-state index in [2.05, 4.69) is 43.7 Å². The molecule has 0 aromatic carbocycles. The summed E-state index contributed by atoms with van der Waals surface area (Å²) < 4.78 is 27.2. The van der Waals surface area contributed by atoms with E-state index in [4.69, 9.17) is 0 Å². The van der Waals surface area contributed by atoms with Crippen LogP contribution in [0.4, 0.5) is 11.6 Å². The molecule has 5 heterocycles. The Kier molecular flexibility index (Phi) is 5.50. The lowest BCUT2D eigenvalue weighted by atomic mass is 9.92. The number of fused-ring (bicyclic) bond motifs is 1. The molecule has 0 radical (unpaired) electrons. The molecule has 2 saturated heterocycles. The molecule has 0 spiro atoms. The second-order valence-electron chi connectivity index (χ2n) is 8.79. The number of H-pyrrole nitrogens is 1. The fraction of sp³-hybridized carbons (Fsp3) is 0.500. The summed E-state index contributed by atoms with van der Waals surface area (Å²) in [6, 6.07) is 5.78. The topological polar surface area (TPSA) is 98.3 Å². The number of rotatable bonds is 5. The molecular formula is C22H29N7O2S. The molecule has 170 valence electrons. The van der Waals surface area contributed by atoms with Crippen LogP contribution in [-0.2, 0) is 10.0 Å². The van der Waals surface area contributed by atoms with E-state index in [0.29, 0.717) is 19.0 Å². The molecule has 2 atom stereocenters. The van der Waals surface area contributed by atoms with E-state index in [0.717, 1.165) is 55.0 Å². The van der Waals surface area contributed by atoms with Gasteiger partial charge in [-0.2, -0.15) is 4.31 Å². The minimum Gasteiger partial charge on any atom is -0.355 e. The monoisotopic (exact) mass is 455 g/mol. The van der Waals surface area contributed by atoms with Gasteiger partial charge in [0, 0.05) is 45.6 Å². The lowest BCUT2D eigenvalue weighted by Crippen LogP contribution is -2.51. The number of hydrogen-bond acceptors (Lipinski definition) is 7. The summed E-state index contributed by atoms with van der Waals surface area (Å²) in [5.74, 6) is 2.20. The number of sulfonamides is 1. The third kappa shape index (κ3) is 3.71. The van der Waals surface area contributed by atoms with Crippen molar-refractivity contribution in [3.63, 3.8) is 0 Å². The van der Waals surface area contributed by atoms with Gasteiger partial charge in [0.05, 0.1) is 11.4 Å². The Morgan fingerprint density at radius 3 is 2.66 bits per heavy atom. The zero-order valence-corrected chi connectivity index (χ0v) is 19.3. The van der Waals surface area contributed by atoms with Crippen LogP contribution in [0, 0.1) is 5.92 Å². The number of pyridine rings is 1. The summed E-state index contributed by atoms with van der Waals surface area (Å²) in [7, 11) is -1.36. The maximum absolute atomic E-state index is 12.8. The lowest BCUT2D eigenvalue weighted by Gasteiger charge is -2.42. The minimum atomic E-state index is -3.44. The highest BCUT2D eigenvalue weighted by Gasteiger charge is 2.32. The zero-order valence-electron chi connectivity index (χ0n) is 18.5. The van der Waals surface area contributed by atoms with E-state index in [9.17, 15) is 8.42 Å². The minimum absolute atomic E-state index is 0.242. The number of piperidine rings is 1. The first kappa shape index (κ1) is 21.1. The van der Waals surface area contributed by atoms with Crippen LogP contribution in [0.25, 0.3) is 11.0 Å². The molecular weight excluding hydrogens is 426 g/mol. The maximum atomic E-state index is 12.8. The molecule has 2 unspecified atom stereocenters. The predicted molar refractivity (Wildman–Crippen MR) is 124 cm³/mol. The number of anilines is 2. The number of hydrogen-bond donors (Lipinski definition) is 1. The van der Waals surface area contributed by atoms with Crippen molar-refractivity contribution in [1.29, 1.82) is 0 Å². The lowest BCUT2D eigenvalue weighted by molar-refractivity contribution is 0.366. The van der Waals surface area contributed by atoms with Gasteiger partial charge >= 0.3 is 0 Å². The number of nitrogens with zero attached hydrogens (tertiary/aromatic N) is 6. The van der Waals surface area contributed by atoms with Crippen LogP contribution in [0.5, 0.6) is 0 Å². The van der Waals surface area contributed by atoms with E-state index in [1.165, 1.54) is 6.20 Å². The van der Waals surface area contributed by atoms with Gasteiger partial charge in [-0.15, -0.1) is 0 Å². The van der Waals surface area contributed by atoms with Gasteiger partial charge < -0.3 is 14.8 Å². The van der Waals surface area contributed by atoms with Gasteiger partial charge in [0.2, 0.25) is 10.0 Å². The van der Waals surface area contributed by atoms with E-state index < -0.39 is 10.0 Å². The smallest absolute Gasteiger partial charge is 0.244 e. The summed E-state index contributed by atoms with van der Waals surface area (Å²) in [6.45, 7) is 5.14. The molecule has 5 rings (SSSR count). The fourth-order valence-electron chi connectivity index (χ4n) is 4.85. The molecule has 0 amide bonds. The van der Waals surface area contributed by atoms with E-state index >= 15 is 0 Å². The van der Waals surface area contributed by atoms with Crippen LogP contribution in [0.15, 0.2) is 41.8 Å². The van der Waals surface area contributed by atoms with E-state index in [1.807, 2.05) is 18.3 Å².